The fourth-order valence-corrected chi connectivity index (χ4v) is 4.76. The molecule has 142 valence electrons. The number of hydrogen-bond donors (Lipinski definition) is 2. The molecule has 1 aliphatic heterocycles. The van der Waals surface area contributed by atoms with E-state index in [1.807, 2.05) is 6.92 Å². The summed E-state index contributed by atoms with van der Waals surface area (Å²) < 4.78 is 13.7. The minimum absolute atomic E-state index is 0.146. The van der Waals surface area contributed by atoms with Crippen molar-refractivity contribution in [2.45, 2.75) is 19.3 Å². The third-order valence-corrected chi connectivity index (χ3v) is 6.22. The smallest absolute Gasteiger partial charge is 0.266 e. The summed E-state index contributed by atoms with van der Waals surface area (Å²) in [5, 5.41) is 6.93. The highest BCUT2D eigenvalue weighted by atomic mass is 35.5. The van der Waals surface area contributed by atoms with Crippen molar-refractivity contribution >= 4 is 45.4 Å². The van der Waals surface area contributed by atoms with E-state index in [-0.39, 0.29) is 30.0 Å². The Bertz CT molecular complexity index is 1080. The number of anilines is 2. The maximum atomic E-state index is 13.7. The number of benzene rings is 2. The van der Waals surface area contributed by atoms with Crippen LogP contribution in [-0.4, -0.2) is 11.8 Å². The predicted molar refractivity (Wildman–Crippen MR) is 110 cm³/mol. The first-order chi connectivity index (χ1) is 13.4. The normalized spacial score (nSPS) is 15.7. The molecule has 0 radical (unpaired) electrons. The fraction of sp³-hybridized carbons (Fsp3) is 0.143. The van der Waals surface area contributed by atoms with Gasteiger partial charge in [-0.1, -0.05) is 23.7 Å². The number of thiophene rings is 1. The van der Waals surface area contributed by atoms with Crippen LogP contribution in [0, 0.1) is 12.7 Å². The molecule has 0 fully saturated rings. The number of carbonyl (C=O) groups is 2. The van der Waals surface area contributed by atoms with Crippen LogP contribution in [0.15, 0.2) is 48.5 Å². The highest BCUT2D eigenvalue weighted by Gasteiger charge is 2.33. The Hall–Kier alpha value is -2.70. The maximum Gasteiger partial charge on any atom is 0.266 e. The van der Waals surface area contributed by atoms with Gasteiger partial charge in [0.05, 0.1) is 9.88 Å². The number of rotatable bonds is 3. The van der Waals surface area contributed by atoms with Gasteiger partial charge >= 0.3 is 0 Å². The molecule has 0 spiro atoms. The van der Waals surface area contributed by atoms with E-state index >= 15 is 0 Å². The average molecular weight is 415 g/mol. The second-order valence-electron chi connectivity index (χ2n) is 6.62. The molecule has 1 aliphatic rings. The maximum absolute atomic E-state index is 13.7. The molecule has 2 N–H and O–H groups in total. The molecule has 7 heteroatoms. The van der Waals surface area contributed by atoms with E-state index in [1.165, 1.54) is 23.5 Å². The van der Waals surface area contributed by atoms with Gasteiger partial charge < -0.3 is 10.6 Å². The van der Waals surface area contributed by atoms with Gasteiger partial charge in [0.2, 0.25) is 5.91 Å². The standard InChI is InChI=1S/C21H16ClFN2O2S/c1-11-18-16(12-3-2-4-14(23)9-12)10-17(26)25-21(18)28-19(11)20(27)24-15-7-5-13(22)6-8-15/h2-9,16H,10H2,1H3,(H,24,27)(H,25,26)/t16-/m1/s1. The third kappa shape index (κ3) is 3.53. The number of nitrogens with one attached hydrogen (secondary N) is 2. The molecule has 1 aromatic heterocycles. The number of halogens is 2. The molecular formula is C21H16ClFN2O2S. The number of amides is 2. The zero-order chi connectivity index (χ0) is 19.8. The van der Waals surface area contributed by atoms with Crippen molar-refractivity contribution in [3.63, 3.8) is 0 Å². The average Bonchev–Trinajstić information content (AvgIpc) is 2.99. The van der Waals surface area contributed by atoms with Crippen molar-refractivity contribution in [2.24, 2.45) is 0 Å². The highest BCUT2D eigenvalue weighted by Crippen LogP contribution is 2.45. The summed E-state index contributed by atoms with van der Waals surface area (Å²) in [6.45, 7) is 1.86. The van der Waals surface area contributed by atoms with E-state index < -0.39 is 0 Å². The lowest BCUT2D eigenvalue weighted by molar-refractivity contribution is -0.116. The molecule has 0 saturated heterocycles. The van der Waals surface area contributed by atoms with Gasteiger partial charge in [0.15, 0.2) is 0 Å². The summed E-state index contributed by atoms with van der Waals surface area (Å²) in [6.07, 6.45) is 0.215. The van der Waals surface area contributed by atoms with E-state index in [1.54, 1.807) is 36.4 Å². The van der Waals surface area contributed by atoms with E-state index in [4.69, 9.17) is 11.6 Å². The number of fused-ring (bicyclic) bond motifs is 1. The molecule has 4 rings (SSSR count). The summed E-state index contributed by atoms with van der Waals surface area (Å²) in [5.74, 6) is -1.04. The molecule has 2 heterocycles. The molecule has 0 saturated carbocycles. The third-order valence-electron chi connectivity index (χ3n) is 4.74. The summed E-state index contributed by atoms with van der Waals surface area (Å²) in [4.78, 5) is 25.5. The molecule has 28 heavy (non-hydrogen) atoms. The van der Waals surface area contributed by atoms with Crippen molar-refractivity contribution < 1.29 is 14.0 Å². The highest BCUT2D eigenvalue weighted by molar-refractivity contribution is 7.18. The Morgan fingerprint density at radius 1 is 1.25 bits per heavy atom. The molecule has 0 aliphatic carbocycles. The Kier molecular flexibility index (Phi) is 4.91. The van der Waals surface area contributed by atoms with Gasteiger partial charge in [0, 0.05) is 23.0 Å². The minimum Gasteiger partial charge on any atom is -0.321 e. The predicted octanol–water partition coefficient (Wildman–Crippen LogP) is 5.58. The van der Waals surface area contributed by atoms with Crippen LogP contribution in [0.25, 0.3) is 0 Å². The van der Waals surface area contributed by atoms with Crippen LogP contribution in [0.3, 0.4) is 0 Å². The summed E-state index contributed by atoms with van der Waals surface area (Å²) >= 11 is 7.12. The Morgan fingerprint density at radius 3 is 2.71 bits per heavy atom. The van der Waals surface area contributed by atoms with Crippen LogP contribution in [0.5, 0.6) is 0 Å². The Balaban J connectivity index is 1.70. The van der Waals surface area contributed by atoms with Crippen LogP contribution in [-0.2, 0) is 4.79 Å². The number of hydrogen-bond acceptors (Lipinski definition) is 3. The van der Waals surface area contributed by atoms with Crippen LogP contribution < -0.4 is 10.6 Å². The molecular weight excluding hydrogens is 399 g/mol. The van der Waals surface area contributed by atoms with Crippen molar-refractivity contribution in [3.8, 4) is 0 Å². The first-order valence-corrected chi connectivity index (χ1v) is 9.87. The summed E-state index contributed by atoms with van der Waals surface area (Å²) in [7, 11) is 0. The molecule has 3 aromatic rings. The molecule has 4 nitrogen and oxygen atoms in total. The second kappa shape index (κ2) is 7.37. The van der Waals surface area contributed by atoms with Crippen LogP contribution in [0.2, 0.25) is 5.02 Å². The van der Waals surface area contributed by atoms with Crippen molar-refractivity contribution in [3.05, 3.63) is 80.9 Å². The van der Waals surface area contributed by atoms with Crippen molar-refractivity contribution in [1.29, 1.82) is 0 Å². The molecule has 2 aromatic carbocycles. The summed E-state index contributed by atoms with van der Waals surface area (Å²) in [5.41, 5.74) is 3.02. The zero-order valence-corrected chi connectivity index (χ0v) is 16.5. The van der Waals surface area contributed by atoms with Gasteiger partial charge in [-0.15, -0.1) is 11.3 Å². The van der Waals surface area contributed by atoms with Crippen molar-refractivity contribution in [1.82, 2.24) is 0 Å². The lowest BCUT2D eigenvalue weighted by Gasteiger charge is -2.24. The van der Waals surface area contributed by atoms with Gasteiger partial charge in [-0.2, -0.15) is 0 Å². The van der Waals surface area contributed by atoms with E-state index in [0.29, 0.717) is 20.6 Å². The molecule has 0 bridgehead atoms. The lowest BCUT2D eigenvalue weighted by atomic mass is 9.85. The van der Waals surface area contributed by atoms with Crippen LogP contribution in [0.4, 0.5) is 15.1 Å². The van der Waals surface area contributed by atoms with E-state index in [2.05, 4.69) is 10.6 Å². The first-order valence-electron chi connectivity index (χ1n) is 8.68. The minimum atomic E-state index is -0.349. The monoisotopic (exact) mass is 414 g/mol. The van der Waals surface area contributed by atoms with Gasteiger partial charge in [-0.05, 0) is 60.0 Å². The molecule has 2 amide bonds. The van der Waals surface area contributed by atoms with Crippen molar-refractivity contribution in [2.75, 3.05) is 10.6 Å². The van der Waals surface area contributed by atoms with E-state index in [0.717, 1.165) is 16.7 Å². The van der Waals surface area contributed by atoms with Crippen LogP contribution >= 0.6 is 22.9 Å². The first kappa shape index (κ1) is 18.7. The largest absolute Gasteiger partial charge is 0.321 e. The summed E-state index contributed by atoms with van der Waals surface area (Å²) in [6, 6.07) is 13.1. The topological polar surface area (TPSA) is 58.2 Å². The zero-order valence-electron chi connectivity index (χ0n) is 14.9. The van der Waals surface area contributed by atoms with Gasteiger partial charge in [-0.3, -0.25) is 9.59 Å². The second-order valence-corrected chi connectivity index (χ2v) is 8.08. The Labute approximate surface area is 170 Å². The van der Waals surface area contributed by atoms with Gasteiger partial charge in [0.25, 0.3) is 5.91 Å². The van der Waals surface area contributed by atoms with Gasteiger partial charge in [-0.25, -0.2) is 4.39 Å². The molecule has 0 unspecified atom stereocenters. The SMILES string of the molecule is Cc1c(C(=O)Nc2ccc(Cl)cc2)sc2c1[C@@H](c1cccc(F)c1)CC(=O)N2. The van der Waals surface area contributed by atoms with E-state index in [9.17, 15) is 14.0 Å². The molecule has 1 atom stereocenters. The number of carbonyl (C=O) groups excluding carboxylic acids is 2. The van der Waals surface area contributed by atoms with Crippen LogP contribution in [0.1, 0.15) is 38.7 Å². The lowest BCUT2D eigenvalue weighted by Crippen LogP contribution is -2.22. The fourth-order valence-electron chi connectivity index (χ4n) is 3.45. The van der Waals surface area contributed by atoms with Gasteiger partial charge in [0.1, 0.15) is 5.82 Å². The quantitative estimate of drug-likeness (QED) is 0.588. The Morgan fingerprint density at radius 2 is 2.00 bits per heavy atom.